The van der Waals surface area contributed by atoms with Crippen LogP contribution >= 0.6 is 0 Å². The van der Waals surface area contributed by atoms with Crippen LogP contribution in [0.1, 0.15) is 37.7 Å². The predicted octanol–water partition coefficient (Wildman–Crippen LogP) is 2.42. The molecule has 1 aromatic carbocycles. The van der Waals surface area contributed by atoms with Crippen LogP contribution in [0.5, 0.6) is 0 Å². The third-order valence-electron chi connectivity index (χ3n) is 4.60. The minimum absolute atomic E-state index is 0.279. The van der Waals surface area contributed by atoms with Crippen molar-refractivity contribution < 1.29 is 4.79 Å². The number of carbonyl (C=O) groups is 1. The van der Waals surface area contributed by atoms with Crippen molar-refractivity contribution in [1.29, 1.82) is 0 Å². The number of nitrogen functional groups attached to an aromatic ring is 1. The van der Waals surface area contributed by atoms with Crippen molar-refractivity contribution in [3.05, 3.63) is 23.8 Å². The molecule has 4 nitrogen and oxygen atoms in total. The smallest absolute Gasteiger partial charge is 0.242 e. The summed E-state index contributed by atoms with van der Waals surface area (Å²) in [7, 11) is 0. The van der Waals surface area contributed by atoms with Gasteiger partial charge in [0.2, 0.25) is 5.91 Å². The highest BCUT2D eigenvalue weighted by atomic mass is 16.2. The molecule has 0 aromatic heterocycles. The fourth-order valence-corrected chi connectivity index (χ4v) is 3.44. The van der Waals surface area contributed by atoms with E-state index in [1.165, 1.54) is 24.1 Å². The highest BCUT2D eigenvalue weighted by molar-refractivity contribution is 5.82. The molecular weight excluding hydrogens is 262 g/mol. The second-order valence-electron chi connectivity index (χ2n) is 6.21. The van der Waals surface area contributed by atoms with Crippen LogP contribution in [0.4, 0.5) is 11.4 Å². The summed E-state index contributed by atoms with van der Waals surface area (Å²) >= 11 is 0. The Morgan fingerprint density at radius 1 is 1.05 bits per heavy atom. The standard InChI is InChI=1S/C17H25N3O/c18-15-7-8-16-14(12-15)6-5-11-20(16)13-17(21)19-9-3-1-2-4-10-19/h7-8,12H,1-6,9-11,13,18H2. The fraction of sp³-hybridized carbons (Fsp3) is 0.588. The second-order valence-corrected chi connectivity index (χ2v) is 6.21. The molecule has 1 saturated heterocycles. The van der Waals surface area contributed by atoms with Crippen LogP contribution in [0.3, 0.4) is 0 Å². The molecule has 2 aliphatic rings. The van der Waals surface area contributed by atoms with Crippen molar-refractivity contribution in [2.45, 2.75) is 38.5 Å². The van der Waals surface area contributed by atoms with Crippen molar-refractivity contribution in [1.82, 2.24) is 4.90 Å². The SMILES string of the molecule is Nc1ccc2c(c1)CCCN2CC(=O)N1CCCCCC1. The number of hydrogen-bond acceptors (Lipinski definition) is 3. The van der Waals surface area contributed by atoms with Crippen LogP contribution in [0.15, 0.2) is 18.2 Å². The lowest BCUT2D eigenvalue weighted by Gasteiger charge is -2.33. The number of nitrogens with zero attached hydrogens (tertiary/aromatic N) is 2. The van der Waals surface area contributed by atoms with Gasteiger partial charge in [-0.2, -0.15) is 0 Å². The van der Waals surface area contributed by atoms with Gasteiger partial charge in [0.25, 0.3) is 0 Å². The third kappa shape index (κ3) is 3.31. The molecule has 114 valence electrons. The Hall–Kier alpha value is -1.71. The molecule has 2 heterocycles. The zero-order valence-electron chi connectivity index (χ0n) is 12.7. The molecule has 2 aliphatic heterocycles. The Balaban J connectivity index is 1.69. The van der Waals surface area contributed by atoms with E-state index in [2.05, 4.69) is 21.9 Å². The average Bonchev–Trinajstić information content (AvgIpc) is 2.76. The van der Waals surface area contributed by atoms with E-state index < -0.39 is 0 Å². The largest absolute Gasteiger partial charge is 0.399 e. The number of aryl methyl sites for hydroxylation is 1. The van der Waals surface area contributed by atoms with Crippen molar-refractivity contribution in [3.8, 4) is 0 Å². The number of nitrogens with two attached hydrogens (primary N) is 1. The van der Waals surface area contributed by atoms with E-state index in [4.69, 9.17) is 5.73 Å². The molecular formula is C17H25N3O. The van der Waals surface area contributed by atoms with Crippen molar-refractivity contribution >= 4 is 17.3 Å². The van der Waals surface area contributed by atoms with Crippen LogP contribution in [0.25, 0.3) is 0 Å². The van der Waals surface area contributed by atoms with Gasteiger partial charge in [-0.25, -0.2) is 0 Å². The Morgan fingerprint density at radius 2 is 1.81 bits per heavy atom. The summed E-state index contributed by atoms with van der Waals surface area (Å²) < 4.78 is 0. The highest BCUT2D eigenvalue weighted by Crippen LogP contribution is 2.28. The molecule has 3 rings (SSSR count). The summed E-state index contributed by atoms with van der Waals surface area (Å²) in [5.74, 6) is 0.279. The normalized spacial score (nSPS) is 19.0. The minimum atomic E-state index is 0.279. The summed E-state index contributed by atoms with van der Waals surface area (Å²) in [4.78, 5) is 16.8. The lowest BCUT2D eigenvalue weighted by atomic mass is 10.0. The van der Waals surface area contributed by atoms with Gasteiger partial charge in [0, 0.05) is 31.0 Å². The Kier molecular flexibility index (Phi) is 4.32. The van der Waals surface area contributed by atoms with E-state index in [9.17, 15) is 4.79 Å². The van der Waals surface area contributed by atoms with E-state index in [-0.39, 0.29) is 5.91 Å². The molecule has 0 saturated carbocycles. The fourth-order valence-electron chi connectivity index (χ4n) is 3.44. The van der Waals surface area contributed by atoms with Gasteiger partial charge in [-0.3, -0.25) is 4.79 Å². The lowest BCUT2D eigenvalue weighted by Crippen LogP contribution is -2.42. The van der Waals surface area contributed by atoms with Crippen molar-refractivity contribution in [2.24, 2.45) is 0 Å². The van der Waals surface area contributed by atoms with Crippen LogP contribution < -0.4 is 10.6 Å². The molecule has 2 N–H and O–H groups in total. The first-order valence-corrected chi connectivity index (χ1v) is 8.15. The summed E-state index contributed by atoms with van der Waals surface area (Å²) in [6.07, 6.45) is 6.99. The quantitative estimate of drug-likeness (QED) is 0.850. The summed E-state index contributed by atoms with van der Waals surface area (Å²) in [6.45, 7) is 3.34. The zero-order valence-corrected chi connectivity index (χ0v) is 12.7. The molecule has 4 heteroatoms. The van der Waals surface area contributed by atoms with E-state index in [1.807, 2.05) is 6.07 Å². The molecule has 0 unspecified atom stereocenters. The van der Waals surface area contributed by atoms with Gasteiger partial charge in [-0.15, -0.1) is 0 Å². The maximum absolute atomic E-state index is 12.6. The van der Waals surface area contributed by atoms with Crippen molar-refractivity contribution in [3.63, 3.8) is 0 Å². The summed E-state index contributed by atoms with van der Waals surface area (Å²) in [5, 5.41) is 0. The molecule has 21 heavy (non-hydrogen) atoms. The third-order valence-corrected chi connectivity index (χ3v) is 4.60. The van der Waals surface area contributed by atoms with Gasteiger partial charge < -0.3 is 15.5 Å². The number of rotatable bonds is 2. The maximum atomic E-state index is 12.6. The lowest BCUT2D eigenvalue weighted by molar-refractivity contribution is -0.129. The van der Waals surface area contributed by atoms with E-state index in [0.29, 0.717) is 6.54 Å². The molecule has 1 amide bonds. The Labute approximate surface area is 126 Å². The summed E-state index contributed by atoms with van der Waals surface area (Å²) in [6, 6.07) is 6.06. The van der Waals surface area contributed by atoms with Crippen LogP contribution in [-0.4, -0.2) is 37.0 Å². The topological polar surface area (TPSA) is 49.6 Å². The van der Waals surface area contributed by atoms with E-state index >= 15 is 0 Å². The number of likely N-dealkylation sites (tertiary alicyclic amines) is 1. The first-order valence-electron chi connectivity index (χ1n) is 8.15. The molecule has 0 spiro atoms. The number of hydrogen-bond donors (Lipinski definition) is 1. The average molecular weight is 287 g/mol. The molecule has 1 aromatic rings. The monoisotopic (exact) mass is 287 g/mol. The number of fused-ring (bicyclic) bond motifs is 1. The van der Waals surface area contributed by atoms with Gasteiger partial charge in [-0.05, 0) is 49.4 Å². The zero-order chi connectivity index (χ0) is 14.7. The van der Waals surface area contributed by atoms with Crippen molar-refractivity contribution in [2.75, 3.05) is 36.8 Å². The first-order chi connectivity index (χ1) is 10.2. The number of amides is 1. The number of carbonyl (C=O) groups excluding carboxylic acids is 1. The molecule has 0 atom stereocenters. The van der Waals surface area contributed by atoms with Crippen LogP contribution in [0, 0.1) is 0 Å². The Bertz CT molecular complexity index is 507. The van der Waals surface area contributed by atoms with Crippen LogP contribution in [-0.2, 0) is 11.2 Å². The minimum Gasteiger partial charge on any atom is -0.399 e. The van der Waals surface area contributed by atoms with Gasteiger partial charge in [0.1, 0.15) is 0 Å². The molecule has 0 radical (unpaired) electrons. The first kappa shape index (κ1) is 14.2. The van der Waals surface area contributed by atoms with Gasteiger partial charge in [0.15, 0.2) is 0 Å². The second kappa shape index (κ2) is 6.37. The molecule has 0 aliphatic carbocycles. The van der Waals surface area contributed by atoms with E-state index in [1.54, 1.807) is 0 Å². The highest BCUT2D eigenvalue weighted by Gasteiger charge is 2.22. The Morgan fingerprint density at radius 3 is 2.57 bits per heavy atom. The maximum Gasteiger partial charge on any atom is 0.242 e. The summed E-state index contributed by atoms with van der Waals surface area (Å²) in [5.41, 5.74) is 9.16. The predicted molar refractivity (Wildman–Crippen MR) is 86.4 cm³/mol. The van der Waals surface area contributed by atoms with Crippen LogP contribution in [0.2, 0.25) is 0 Å². The molecule has 1 fully saturated rings. The number of benzene rings is 1. The van der Waals surface area contributed by atoms with E-state index in [0.717, 1.165) is 51.0 Å². The van der Waals surface area contributed by atoms with Gasteiger partial charge in [0.05, 0.1) is 6.54 Å². The number of anilines is 2. The molecule has 0 bridgehead atoms. The van der Waals surface area contributed by atoms with Gasteiger partial charge in [-0.1, -0.05) is 12.8 Å². The van der Waals surface area contributed by atoms with Gasteiger partial charge >= 0.3 is 0 Å².